The van der Waals surface area contributed by atoms with E-state index in [-0.39, 0.29) is 23.9 Å². The molecule has 2 N–H and O–H groups in total. The van der Waals surface area contributed by atoms with Crippen LogP contribution in [0.15, 0.2) is 30.5 Å². The predicted molar refractivity (Wildman–Crippen MR) is 127 cm³/mol. The lowest BCUT2D eigenvalue weighted by atomic mass is 10.1. The van der Waals surface area contributed by atoms with Crippen molar-refractivity contribution in [2.24, 2.45) is 0 Å². The minimum absolute atomic E-state index is 0.0284. The van der Waals surface area contributed by atoms with Crippen LogP contribution in [0.4, 0.5) is 11.8 Å². The third kappa shape index (κ3) is 4.22. The largest absolute Gasteiger partial charge is 0.493 e. The summed E-state index contributed by atoms with van der Waals surface area (Å²) in [5, 5.41) is 15.2. The highest BCUT2D eigenvalue weighted by atomic mass is 16.3. The maximum atomic E-state index is 11.7. The smallest absolute Gasteiger partial charge is 0.228 e. The molecule has 8 heteroatoms. The zero-order valence-corrected chi connectivity index (χ0v) is 19.5. The van der Waals surface area contributed by atoms with Gasteiger partial charge in [0.15, 0.2) is 0 Å². The molecule has 32 heavy (non-hydrogen) atoms. The molecular formula is C24H32N6O2. The Morgan fingerprint density at radius 3 is 2.31 bits per heavy atom. The van der Waals surface area contributed by atoms with E-state index in [1.54, 1.807) is 6.92 Å². The molecule has 4 rings (SSSR count). The highest BCUT2D eigenvalue weighted by Crippen LogP contribution is 2.35. The van der Waals surface area contributed by atoms with Gasteiger partial charge in [0, 0.05) is 51.4 Å². The zero-order valence-electron chi connectivity index (χ0n) is 19.5. The second-order valence-electron chi connectivity index (χ2n) is 8.86. The Bertz CT molecular complexity index is 1110. The molecule has 1 fully saturated rings. The summed E-state index contributed by atoms with van der Waals surface area (Å²) in [6, 6.07) is 8.55. The van der Waals surface area contributed by atoms with E-state index < -0.39 is 0 Å². The zero-order chi connectivity index (χ0) is 23.0. The van der Waals surface area contributed by atoms with E-state index in [0.29, 0.717) is 43.5 Å². The minimum Gasteiger partial charge on any atom is -0.493 e. The van der Waals surface area contributed by atoms with Crippen molar-refractivity contribution < 1.29 is 9.90 Å². The fourth-order valence-electron chi connectivity index (χ4n) is 4.08. The van der Waals surface area contributed by atoms with Crippen molar-refractivity contribution in [3.05, 3.63) is 41.6 Å². The molecule has 8 nitrogen and oxygen atoms in total. The molecule has 1 aliphatic rings. The average Bonchev–Trinajstić information content (AvgIpc) is 3.11. The molecular weight excluding hydrogens is 404 g/mol. The lowest BCUT2D eigenvalue weighted by Gasteiger charge is -2.34. The Morgan fingerprint density at radius 2 is 1.72 bits per heavy atom. The van der Waals surface area contributed by atoms with Crippen molar-refractivity contribution in [3.63, 3.8) is 0 Å². The first-order valence-electron chi connectivity index (χ1n) is 11.2. The highest BCUT2D eigenvalue weighted by Gasteiger charge is 2.24. The second-order valence-corrected chi connectivity index (χ2v) is 8.86. The average molecular weight is 437 g/mol. The standard InChI is InChI=1S/C24H32N6O2/c1-15(2)30-14-20-21(23(30)32)26-24(29-12-10-28(11-13-29)18(5)31)27-22(20)25-17(4)19-8-6-16(3)7-9-19/h6-9,14-15,17,32H,10-13H2,1-5H3,(H,25,26,27)/t17-/m1/s1. The van der Waals surface area contributed by atoms with Crippen LogP contribution in [-0.4, -0.2) is 56.6 Å². The predicted octanol–water partition coefficient (Wildman–Crippen LogP) is 3.87. The van der Waals surface area contributed by atoms with Gasteiger partial charge in [-0.1, -0.05) is 29.8 Å². The normalized spacial score (nSPS) is 15.4. The first-order valence-corrected chi connectivity index (χ1v) is 11.2. The fraction of sp³-hybridized carbons (Fsp3) is 0.458. The Labute approximate surface area is 188 Å². The number of anilines is 2. The number of benzene rings is 1. The van der Waals surface area contributed by atoms with E-state index in [0.717, 1.165) is 10.9 Å². The van der Waals surface area contributed by atoms with Crippen LogP contribution in [0.2, 0.25) is 0 Å². The van der Waals surface area contributed by atoms with Crippen molar-refractivity contribution in [1.29, 1.82) is 0 Å². The van der Waals surface area contributed by atoms with Gasteiger partial charge in [-0.2, -0.15) is 4.98 Å². The maximum absolute atomic E-state index is 11.7. The molecule has 170 valence electrons. The van der Waals surface area contributed by atoms with Crippen LogP contribution in [-0.2, 0) is 4.79 Å². The van der Waals surface area contributed by atoms with Crippen LogP contribution in [0, 0.1) is 6.92 Å². The summed E-state index contributed by atoms with van der Waals surface area (Å²) in [4.78, 5) is 25.2. The number of nitrogens with zero attached hydrogens (tertiary/aromatic N) is 5. The van der Waals surface area contributed by atoms with Gasteiger partial charge >= 0.3 is 0 Å². The van der Waals surface area contributed by atoms with Crippen LogP contribution >= 0.6 is 0 Å². The lowest BCUT2D eigenvalue weighted by molar-refractivity contribution is -0.129. The van der Waals surface area contributed by atoms with Crippen molar-refractivity contribution in [3.8, 4) is 5.88 Å². The van der Waals surface area contributed by atoms with Gasteiger partial charge in [0.25, 0.3) is 0 Å². The molecule has 1 amide bonds. The number of aromatic nitrogens is 3. The van der Waals surface area contributed by atoms with Gasteiger partial charge in [0.1, 0.15) is 11.3 Å². The molecule has 2 aromatic heterocycles. The molecule has 0 radical (unpaired) electrons. The highest BCUT2D eigenvalue weighted by molar-refractivity contribution is 5.94. The Balaban J connectivity index is 1.71. The van der Waals surface area contributed by atoms with Crippen molar-refractivity contribution in [1.82, 2.24) is 19.4 Å². The number of carbonyl (C=O) groups is 1. The molecule has 1 atom stereocenters. The molecule has 3 aromatic rings. The van der Waals surface area contributed by atoms with Gasteiger partial charge in [-0.25, -0.2) is 4.98 Å². The number of hydrogen-bond donors (Lipinski definition) is 2. The molecule has 1 saturated heterocycles. The van der Waals surface area contributed by atoms with Crippen molar-refractivity contribution >= 4 is 28.6 Å². The monoisotopic (exact) mass is 436 g/mol. The fourth-order valence-corrected chi connectivity index (χ4v) is 4.08. The summed E-state index contributed by atoms with van der Waals surface area (Å²) in [6.45, 7) is 12.4. The first kappa shape index (κ1) is 21.9. The third-order valence-electron chi connectivity index (χ3n) is 6.15. The summed E-state index contributed by atoms with van der Waals surface area (Å²) >= 11 is 0. The van der Waals surface area contributed by atoms with E-state index >= 15 is 0 Å². The number of amides is 1. The number of aromatic hydroxyl groups is 1. The number of carbonyl (C=O) groups excluding carboxylic acids is 1. The first-order chi connectivity index (χ1) is 15.2. The van der Waals surface area contributed by atoms with Crippen LogP contribution in [0.1, 0.15) is 50.9 Å². The van der Waals surface area contributed by atoms with Gasteiger partial charge in [-0.3, -0.25) is 4.79 Å². The third-order valence-corrected chi connectivity index (χ3v) is 6.15. The van der Waals surface area contributed by atoms with Gasteiger partial charge in [-0.05, 0) is 33.3 Å². The maximum Gasteiger partial charge on any atom is 0.228 e. The Morgan fingerprint density at radius 1 is 1.06 bits per heavy atom. The van der Waals surface area contributed by atoms with E-state index in [1.165, 1.54) is 5.56 Å². The number of rotatable bonds is 5. The van der Waals surface area contributed by atoms with Gasteiger partial charge in [-0.15, -0.1) is 0 Å². The lowest BCUT2D eigenvalue weighted by Crippen LogP contribution is -2.48. The minimum atomic E-state index is 0.0284. The van der Waals surface area contributed by atoms with Crippen LogP contribution in [0.25, 0.3) is 10.9 Å². The van der Waals surface area contributed by atoms with Crippen molar-refractivity contribution in [2.75, 3.05) is 36.4 Å². The molecule has 1 aromatic carbocycles. The molecule has 0 bridgehead atoms. The molecule has 0 saturated carbocycles. The van der Waals surface area contributed by atoms with Crippen LogP contribution in [0.3, 0.4) is 0 Å². The number of nitrogens with one attached hydrogen (secondary N) is 1. The van der Waals surface area contributed by atoms with E-state index in [4.69, 9.17) is 9.97 Å². The summed E-state index contributed by atoms with van der Waals surface area (Å²) in [5.41, 5.74) is 2.92. The van der Waals surface area contributed by atoms with Gasteiger partial charge in [0.2, 0.25) is 17.7 Å². The SMILES string of the molecule is CC(=O)N1CCN(c2nc(N[C@H](C)c3ccc(C)cc3)c3cn(C(C)C)c(O)c3n2)CC1. The van der Waals surface area contributed by atoms with Crippen molar-refractivity contribution in [2.45, 2.75) is 46.7 Å². The number of hydrogen-bond acceptors (Lipinski definition) is 6. The number of aryl methyl sites for hydroxylation is 1. The summed E-state index contributed by atoms with van der Waals surface area (Å²) in [6.07, 6.45) is 1.91. The van der Waals surface area contributed by atoms with E-state index in [9.17, 15) is 9.90 Å². The Hall–Kier alpha value is -3.29. The molecule has 0 aliphatic carbocycles. The number of fused-ring (bicyclic) bond motifs is 1. The van der Waals surface area contributed by atoms with Crippen LogP contribution in [0.5, 0.6) is 5.88 Å². The van der Waals surface area contributed by atoms with E-state index in [1.807, 2.05) is 29.5 Å². The molecule has 1 aliphatic heterocycles. The van der Waals surface area contributed by atoms with Gasteiger partial charge < -0.3 is 24.8 Å². The quantitative estimate of drug-likeness (QED) is 0.632. The number of piperazine rings is 1. The molecule has 0 spiro atoms. The van der Waals surface area contributed by atoms with E-state index in [2.05, 4.69) is 48.3 Å². The molecule has 0 unspecified atom stereocenters. The van der Waals surface area contributed by atoms with Crippen LogP contribution < -0.4 is 10.2 Å². The summed E-state index contributed by atoms with van der Waals surface area (Å²) in [7, 11) is 0. The summed E-state index contributed by atoms with van der Waals surface area (Å²) < 4.78 is 1.82. The Kier molecular flexibility index (Phi) is 5.95. The molecule has 3 heterocycles. The topological polar surface area (TPSA) is 86.5 Å². The second kappa shape index (κ2) is 8.68. The van der Waals surface area contributed by atoms with Gasteiger partial charge in [0.05, 0.1) is 5.39 Å². The summed E-state index contributed by atoms with van der Waals surface area (Å²) in [5.74, 6) is 1.49.